The van der Waals surface area contributed by atoms with Crippen molar-refractivity contribution in [1.82, 2.24) is 5.32 Å². The minimum absolute atomic E-state index is 0.0913. The van der Waals surface area contributed by atoms with E-state index < -0.39 is 17.1 Å². The summed E-state index contributed by atoms with van der Waals surface area (Å²) in [6.45, 7) is 6.29. The second-order valence-electron chi connectivity index (χ2n) is 10.8. The Hall–Kier alpha value is -5.15. The second-order valence-corrected chi connectivity index (χ2v) is 12.1. The van der Waals surface area contributed by atoms with Gasteiger partial charge in [-0.15, -0.1) is 11.8 Å². The van der Waals surface area contributed by atoms with E-state index in [0.29, 0.717) is 35.5 Å². The van der Waals surface area contributed by atoms with Gasteiger partial charge in [0.05, 0.1) is 17.4 Å². The van der Waals surface area contributed by atoms with Gasteiger partial charge in [-0.2, -0.15) is 0 Å². The highest BCUT2D eigenvalue weighted by atomic mass is 32.2. The number of benzene rings is 4. The van der Waals surface area contributed by atoms with Crippen LogP contribution in [-0.4, -0.2) is 35.5 Å². The number of nitrogens with one attached hydrogen (secondary N) is 3. The molecule has 242 valence electrons. The molecule has 0 heterocycles. The van der Waals surface area contributed by atoms with Crippen LogP contribution in [0.5, 0.6) is 0 Å². The van der Waals surface area contributed by atoms with Gasteiger partial charge < -0.3 is 20.7 Å². The number of hydrogen-bond donors (Lipinski definition) is 3. The van der Waals surface area contributed by atoms with Gasteiger partial charge in [-0.1, -0.05) is 74.4 Å². The fourth-order valence-electron chi connectivity index (χ4n) is 4.51. The van der Waals surface area contributed by atoms with Crippen molar-refractivity contribution in [3.05, 3.63) is 131 Å². The fourth-order valence-corrected chi connectivity index (χ4v) is 5.52. The summed E-state index contributed by atoms with van der Waals surface area (Å²) in [7, 11) is 0. The van der Waals surface area contributed by atoms with E-state index in [1.807, 2.05) is 57.2 Å². The molecule has 0 aromatic heterocycles. The van der Waals surface area contributed by atoms with E-state index in [0.717, 1.165) is 28.9 Å². The predicted octanol–water partition coefficient (Wildman–Crippen LogP) is 7.87. The SMILES string of the molecule is CCCCOC(=O)c1ccc(NC(=O)C(CC)Sc2cccc(NC(=O)/C(=C\c3cccc(C)c3)NC(=O)c3ccccc3)c2)cc1. The van der Waals surface area contributed by atoms with Gasteiger partial charge in [0.15, 0.2) is 0 Å². The molecule has 0 saturated heterocycles. The fraction of sp³-hybridized carbons (Fsp3) is 0.211. The van der Waals surface area contributed by atoms with Crippen molar-refractivity contribution in [2.24, 2.45) is 0 Å². The number of rotatable bonds is 14. The lowest BCUT2D eigenvalue weighted by molar-refractivity contribution is -0.116. The van der Waals surface area contributed by atoms with Crippen molar-refractivity contribution < 1.29 is 23.9 Å². The first-order chi connectivity index (χ1) is 22.7. The smallest absolute Gasteiger partial charge is 0.338 e. The highest BCUT2D eigenvalue weighted by Gasteiger charge is 2.20. The minimum Gasteiger partial charge on any atom is -0.462 e. The maximum absolute atomic E-state index is 13.5. The van der Waals surface area contributed by atoms with E-state index in [-0.39, 0.29) is 17.6 Å². The Labute approximate surface area is 280 Å². The zero-order chi connectivity index (χ0) is 33.6. The summed E-state index contributed by atoms with van der Waals surface area (Å²) < 4.78 is 5.25. The van der Waals surface area contributed by atoms with Crippen LogP contribution in [0.15, 0.2) is 114 Å². The number of esters is 1. The van der Waals surface area contributed by atoms with E-state index in [1.165, 1.54) is 11.8 Å². The van der Waals surface area contributed by atoms with Gasteiger partial charge in [0, 0.05) is 21.8 Å². The molecule has 0 fully saturated rings. The maximum atomic E-state index is 13.5. The number of thioether (sulfide) groups is 1. The third-order valence-electron chi connectivity index (χ3n) is 7.03. The lowest BCUT2D eigenvalue weighted by atomic mass is 10.1. The minimum atomic E-state index is -0.486. The Morgan fingerprint density at radius 3 is 2.23 bits per heavy atom. The van der Waals surface area contributed by atoms with Crippen molar-refractivity contribution in [1.29, 1.82) is 0 Å². The first kappa shape index (κ1) is 34.7. The van der Waals surface area contributed by atoms with Crippen LogP contribution in [-0.2, 0) is 14.3 Å². The number of anilines is 2. The zero-order valence-electron chi connectivity index (χ0n) is 26.7. The molecule has 0 bridgehead atoms. The first-order valence-electron chi connectivity index (χ1n) is 15.6. The first-order valence-corrected chi connectivity index (χ1v) is 16.4. The molecule has 0 saturated carbocycles. The standard InChI is InChI=1S/C38H39N3O5S/c1-4-6-22-46-38(45)29-18-20-30(21-19-29)39-37(44)34(5-2)47-32-17-11-16-31(25-32)40-36(43)33(24-27-13-10-12-26(3)23-27)41-35(42)28-14-8-7-9-15-28/h7-21,23-25,34H,4-6,22H2,1-3H3,(H,39,44)(H,40,43)(H,41,42)/b33-24+. The molecule has 3 N–H and O–H groups in total. The summed E-state index contributed by atoms with van der Waals surface area (Å²) in [5.74, 6) is -1.46. The normalized spacial score (nSPS) is 11.7. The quantitative estimate of drug-likeness (QED) is 0.0555. The molecular weight excluding hydrogens is 611 g/mol. The lowest BCUT2D eigenvalue weighted by Gasteiger charge is -2.16. The summed E-state index contributed by atoms with van der Waals surface area (Å²) in [6.07, 6.45) is 3.95. The Kier molecular flexibility index (Phi) is 12.9. The van der Waals surface area contributed by atoms with Gasteiger partial charge >= 0.3 is 5.97 Å². The zero-order valence-corrected chi connectivity index (χ0v) is 27.6. The molecule has 0 radical (unpaired) electrons. The summed E-state index contributed by atoms with van der Waals surface area (Å²) in [4.78, 5) is 52.6. The van der Waals surface area contributed by atoms with Gasteiger partial charge in [0.2, 0.25) is 5.91 Å². The molecule has 9 heteroatoms. The van der Waals surface area contributed by atoms with Crippen LogP contribution >= 0.6 is 11.8 Å². The van der Waals surface area contributed by atoms with Gasteiger partial charge in [0.25, 0.3) is 11.8 Å². The molecule has 47 heavy (non-hydrogen) atoms. The van der Waals surface area contributed by atoms with E-state index in [2.05, 4.69) is 16.0 Å². The summed E-state index contributed by atoms with van der Waals surface area (Å²) in [5.41, 5.74) is 3.83. The van der Waals surface area contributed by atoms with Gasteiger partial charge in [-0.05, 0) is 86.0 Å². The molecule has 0 spiro atoms. The Morgan fingerprint density at radius 1 is 0.787 bits per heavy atom. The van der Waals surface area contributed by atoms with Crippen molar-refractivity contribution in [3.63, 3.8) is 0 Å². The number of aryl methyl sites for hydroxylation is 1. The molecule has 0 aliphatic carbocycles. The van der Waals surface area contributed by atoms with Crippen molar-refractivity contribution in [2.75, 3.05) is 17.2 Å². The van der Waals surface area contributed by atoms with Crippen LogP contribution in [0.3, 0.4) is 0 Å². The average molecular weight is 650 g/mol. The van der Waals surface area contributed by atoms with Crippen LogP contribution in [0, 0.1) is 6.92 Å². The molecule has 1 atom stereocenters. The Balaban J connectivity index is 1.43. The van der Waals surface area contributed by atoms with Crippen molar-refractivity contribution in [2.45, 2.75) is 50.2 Å². The van der Waals surface area contributed by atoms with E-state index in [1.54, 1.807) is 72.8 Å². The average Bonchev–Trinajstić information content (AvgIpc) is 3.07. The number of carbonyl (C=O) groups excluding carboxylic acids is 4. The highest BCUT2D eigenvalue weighted by molar-refractivity contribution is 8.00. The van der Waals surface area contributed by atoms with Crippen LogP contribution in [0.2, 0.25) is 0 Å². The highest BCUT2D eigenvalue weighted by Crippen LogP contribution is 2.29. The number of carbonyl (C=O) groups is 4. The predicted molar refractivity (Wildman–Crippen MR) is 188 cm³/mol. The van der Waals surface area contributed by atoms with Crippen LogP contribution in [0.4, 0.5) is 11.4 Å². The van der Waals surface area contributed by atoms with Crippen LogP contribution in [0.25, 0.3) is 6.08 Å². The molecule has 4 aromatic carbocycles. The molecule has 4 rings (SSSR count). The molecule has 0 aliphatic rings. The van der Waals surface area contributed by atoms with Gasteiger partial charge in [-0.3, -0.25) is 14.4 Å². The number of unbranched alkanes of at least 4 members (excludes halogenated alkanes) is 1. The summed E-state index contributed by atoms with van der Waals surface area (Å²) in [6, 6.07) is 30.2. The molecular formula is C38H39N3O5S. The van der Waals surface area contributed by atoms with Gasteiger partial charge in [0.1, 0.15) is 5.70 Å². The number of ether oxygens (including phenoxy) is 1. The third kappa shape index (κ3) is 10.7. The monoisotopic (exact) mass is 649 g/mol. The lowest BCUT2D eigenvalue weighted by Crippen LogP contribution is -2.30. The number of amides is 3. The number of hydrogen-bond acceptors (Lipinski definition) is 6. The van der Waals surface area contributed by atoms with Crippen LogP contribution in [0.1, 0.15) is 65.0 Å². The summed E-state index contributed by atoms with van der Waals surface area (Å²) in [5, 5.41) is 8.16. The van der Waals surface area contributed by atoms with E-state index in [9.17, 15) is 19.2 Å². The molecule has 3 amide bonds. The Morgan fingerprint density at radius 2 is 1.53 bits per heavy atom. The maximum Gasteiger partial charge on any atom is 0.338 e. The van der Waals surface area contributed by atoms with E-state index in [4.69, 9.17) is 4.74 Å². The third-order valence-corrected chi connectivity index (χ3v) is 8.39. The molecule has 1 unspecified atom stereocenters. The van der Waals surface area contributed by atoms with Crippen LogP contribution < -0.4 is 16.0 Å². The molecule has 4 aromatic rings. The molecule has 0 aliphatic heterocycles. The molecule has 8 nitrogen and oxygen atoms in total. The van der Waals surface area contributed by atoms with Crippen molar-refractivity contribution >= 4 is 52.9 Å². The van der Waals surface area contributed by atoms with E-state index >= 15 is 0 Å². The Bertz CT molecular complexity index is 1720. The van der Waals surface area contributed by atoms with Gasteiger partial charge in [-0.25, -0.2) is 4.79 Å². The topological polar surface area (TPSA) is 114 Å². The second kappa shape index (κ2) is 17.5. The van der Waals surface area contributed by atoms with Crippen molar-refractivity contribution in [3.8, 4) is 0 Å². The summed E-state index contributed by atoms with van der Waals surface area (Å²) >= 11 is 1.38. The largest absolute Gasteiger partial charge is 0.462 e.